The summed E-state index contributed by atoms with van der Waals surface area (Å²) in [6.07, 6.45) is 0. The molecular weight excluding hydrogens is 799 g/mol. The molecule has 0 bridgehead atoms. The molecule has 0 saturated heterocycles. The van der Waals surface area contributed by atoms with Crippen molar-refractivity contribution in [2.75, 3.05) is 4.90 Å². The second-order valence-electron chi connectivity index (χ2n) is 20.6. The first-order valence-corrected chi connectivity index (χ1v) is 23.4. The molecule has 0 saturated carbocycles. The second-order valence-corrected chi connectivity index (χ2v) is 20.6. The van der Waals surface area contributed by atoms with E-state index in [1.54, 1.807) is 0 Å². The first-order valence-electron chi connectivity index (χ1n) is 23.4. The van der Waals surface area contributed by atoms with E-state index in [1.807, 2.05) is 12.1 Å². The SMILES string of the molecule is CC(C)(C)c1ccc(-c2ccc3c(c2)C(C)(C)c2ccc(-c4ccccc4N(c4ccc(-c5ccc6c(c5)oc5ccccc56)cc4)c4ccc5c(c4)C(C)(C)c4ccccc4-5)cc2-3)cc1. The molecule has 0 atom stereocenters. The summed E-state index contributed by atoms with van der Waals surface area (Å²) < 4.78 is 6.31. The van der Waals surface area contributed by atoms with Gasteiger partial charge < -0.3 is 9.32 Å². The zero-order valence-corrected chi connectivity index (χ0v) is 38.8. The van der Waals surface area contributed by atoms with Crippen LogP contribution in [0.15, 0.2) is 199 Å². The number of anilines is 3. The lowest BCUT2D eigenvalue weighted by Gasteiger charge is -2.30. The average Bonchev–Trinajstić information content (AvgIpc) is 3.90. The van der Waals surface area contributed by atoms with E-state index in [4.69, 9.17) is 4.42 Å². The molecule has 0 radical (unpaired) electrons. The Hall–Kier alpha value is -7.42. The topological polar surface area (TPSA) is 16.4 Å². The molecule has 2 nitrogen and oxygen atoms in total. The van der Waals surface area contributed by atoms with E-state index in [9.17, 15) is 0 Å². The number of hydrogen-bond acceptors (Lipinski definition) is 2. The standard InChI is InChI=1S/C64H53NO/c1-62(2,3)45-27-20-40(21-28-45)42-24-32-51-54-36-44(26-35-56(54)64(6,7)57(51)37-42)48-14-9-12-18-59(48)65(47-31-34-50-49-15-8-11-17-55(49)63(4,5)58(50)39-47)46-29-22-41(23-30-46)43-25-33-53-52-16-10-13-19-60(52)66-61(53)38-43/h8-39H,1-7H3. The molecular formula is C64H53NO. The lowest BCUT2D eigenvalue weighted by molar-refractivity contribution is 0.590. The zero-order valence-electron chi connectivity index (χ0n) is 38.8. The van der Waals surface area contributed by atoms with E-state index in [-0.39, 0.29) is 16.2 Å². The first kappa shape index (κ1) is 40.1. The van der Waals surface area contributed by atoms with E-state index in [1.165, 1.54) is 72.3 Å². The highest BCUT2D eigenvalue weighted by Crippen LogP contribution is 2.54. The summed E-state index contributed by atoms with van der Waals surface area (Å²) in [4.78, 5) is 2.46. The molecule has 0 aliphatic heterocycles. The lowest BCUT2D eigenvalue weighted by atomic mass is 9.81. The summed E-state index contributed by atoms with van der Waals surface area (Å²) in [5, 5.41) is 2.29. The normalized spacial score (nSPS) is 14.2. The van der Waals surface area contributed by atoms with Crippen molar-refractivity contribution < 1.29 is 4.42 Å². The summed E-state index contributed by atoms with van der Waals surface area (Å²) >= 11 is 0. The predicted octanol–water partition coefficient (Wildman–Crippen LogP) is 18.0. The number of fused-ring (bicyclic) bond motifs is 9. The van der Waals surface area contributed by atoms with Gasteiger partial charge in [-0.1, -0.05) is 182 Å². The van der Waals surface area contributed by atoms with Crippen LogP contribution in [-0.2, 0) is 16.2 Å². The van der Waals surface area contributed by atoms with Crippen LogP contribution in [-0.4, -0.2) is 0 Å². The fourth-order valence-corrected chi connectivity index (χ4v) is 11.1. The predicted molar refractivity (Wildman–Crippen MR) is 279 cm³/mol. The van der Waals surface area contributed by atoms with E-state index < -0.39 is 0 Å². The molecule has 320 valence electrons. The summed E-state index contributed by atoms with van der Waals surface area (Å²) in [7, 11) is 0. The van der Waals surface area contributed by atoms with Gasteiger partial charge in [0.2, 0.25) is 0 Å². The maximum absolute atomic E-state index is 6.31. The minimum absolute atomic E-state index is 0.121. The number of hydrogen-bond donors (Lipinski definition) is 0. The molecule has 66 heavy (non-hydrogen) atoms. The molecule has 0 spiro atoms. The van der Waals surface area contributed by atoms with Crippen molar-refractivity contribution in [3.8, 4) is 55.6 Å². The van der Waals surface area contributed by atoms with Gasteiger partial charge in [0.25, 0.3) is 0 Å². The Labute approximate surface area is 388 Å². The third kappa shape index (κ3) is 6.22. The molecule has 1 heterocycles. The summed E-state index contributed by atoms with van der Waals surface area (Å²) in [5.41, 5.74) is 24.3. The van der Waals surface area contributed by atoms with Crippen LogP contribution in [0.4, 0.5) is 17.1 Å². The molecule has 0 unspecified atom stereocenters. The van der Waals surface area contributed by atoms with Gasteiger partial charge in [-0.05, 0) is 144 Å². The summed E-state index contributed by atoms with van der Waals surface area (Å²) in [6.45, 7) is 16.3. The smallest absolute Gasteiger partial charge is 0.136 e. The average molecular weight is 852 g/mol. The lowest BCUT2D eigenvalue weighted by Crippen LogP contribution is -2.17. The number of nitrogens with zero attached hydrogens (tertiary/aromatic N) is 1. The van der Waals surface area contributed by atoms with Crippen LogP contribution in [0.5, 0.6) is 0 Å². The van der Waals surface area contributed by atoms with Crippen LogP contribution in [0.3, 0.4) is 0 Å². The molecule has 2 aliphatic rings. The maximum atomic E-state index is 6.31. The quantitative estimate of drug-likeness (QED) is 0.166. The van der Waals surface area contributed by atoms with E-state index in [2.05, 4.69) is 235 Å². The molecule has 2 aliphatic carbocycles. The Morgan fingerprint density at radius 2 is 0.894 bits per heavy atom. The van der Waals surface area contributed by atoms with Crippen molar-refractivity contribution in [1.29, 1.82) is 0 Å². The van der Waals surface area contributed by atoms with Crippen molar-refractivity contribution in [3.63, 3.8) is 0 Å². The van der Waals surface area contributed by atoms with Crippen LogP contribution < -0.4 is 4.90 Å². The Balaban J connectivity index is 0.968. The molecule has 12 rings (SSSR count). The molecule has 0 amide bonds. The van der Waals surface area contributed by atoms with Crippen molar-refractivity contribution in [3.05, 3.63) is 222 Å². The zero-order chi connectivity index (χ0) is 45.1. The van der Waals surface area contributed by atoms with Gasteiger partial charge in [0, 0.05) is 38.5 Å². The van der Waals surface area contributed by atoms with Crippen LogP contribution >= 0.6 is 0 Å². The Morgan fingerprint density at radius 1 is 0.364 bits per heavy atom. The molecule has 0 N–H and O–H groups in total. The van der Waals surface area contributed by atoms with Crippen molar-refractivity contribution in [2.45, 2.75) is 64.7 Å². The van der Waals surface area contributed by atoms with Gasteiger partial charge in [0.15, 0.2) is 0 Å². The Bertz CT molecular complexity index is 3560. The number of benzene rings is 9. The van der Waals surface area contributed by atoms with Gasteiger partial charge >= 0.3 is 0 Å². The largest absolute Gasteiger partial charge is 0.456 e. The minimum Gasteiger partial charge on any atom is -0.456 e. The molecule has 2 heteroatoms. The number of furan rings is 1. The Kier molecular flexibility index (Phi) is 8.84. The minimum atomic E-state index is -0.137. The van der Waals surface area contributed by atoms with Crippen molar-refractivity contribution in [2.24, 2.45) is 0 Å². The molecule has 0 fully saturated rings. The van der Waals surface area contributed by atoms with Gasteiger partial charge in [-0.3, -0.25) is 0 Å². The fraction of sp³-hybridized carbons (Fsp3) is 0.156. The maximum Gasteiger partial charge on any atom is 0.136 e. The third-order valence-electron chi connectivity index (χ3n) is 14.9. The van der Waals surface area contributed by atoms with Crippen LogP contribution in [0, 0.1) is 0 Å². The van der Waals surface area contributed by atoms with Crippen LogP contribution in [0.25, 0.3) is 77.6 Å². The van der Waals surface area contributed by atoms with E-state index >= 15 is 0 Å². The molecule has 9 aromatic carbocycles. The highest BCUT2D eigenvalue weighted by atomic mass is 16.3. The fourth-order valence-electron chi connectivity index (χ4n) is 11.1. The summed E-state index contributed by atoms with van der Waals surface area (Å²) in [6, 6.07) is 72.2. The number of rotatable bonds is 6. The van der Waals surface area contributed by atoms with Gasteiger partial charge in [0.05, 0.1) is 5.69 Å². The van der Waals surface area contributed by atoms with E-state index in [0.29, 0.717) is 0 Å². The van der Waals surface area contributed by atoms with Crippen LogP contribution in [0.2, 0.25) is 0 Å². The Morgan fingerprint density at radius 3 is 1.67 bits per heavy atom. The first-order chi connectivity index (χ1) is 31.8. The van der Waals surface area contributed by atoms with Crippen LogP contribution in [0.1, 0.15) is 76.3 Å². The van der Waals surface area contributed by atoms with Crippen molar-refractivity contribution in [1.82, 2.24) is 0 Å². The van der Waals surface area contributed by atoms with Gasteiger partial charge in [-0.2, -0.15) is 0 Å². The number of para-hydroxylation sites is 2. The van der Waals surface area contributed by atoms with Gasteiger partial charge in [-0.25, -0.2) is 0 Å². The third-order valence-corrected chi connectivity index (χ3v) is 14.9. The monoisotopic (exact) mass is 851 g/mol. The van der Waals surface area contributed by atoms with Crippen molar-refractivity contribution >= 4 is 39.0 Å². The summed E-state index contributed by atoms with van der Waals surface area (Å²) in [5.74, 6) is 0. The van der Waals surface area contributed by atoms with Gasteiger partial charge in [0.1, 0.15) is 11.2 Å². The molecule has 1 aromatic heterocycles. The highest BCUT2D eigenvalue weighted by molar-refractivity contribution is 6.06. The van der Waals surface area contributed by atoms with Gasteiger partial charge in [-0.15, -0.1) is 0 Å². The van der Waals surface area contributed by atoms with E-state index in [0.717, 1.165) is 50.1 Å². The second kappa shape index (κ2) is 14.5. The highest BCUT2D eigenvalue weighted by Gasteiger charge is 2.37. The molecule has 10 aromatic rings.